The molecule has 0 spiro atoms. The molecule has 0 unspecified atom stereocenters. The largest absolute Gasteiger partial charge is 0.371 e. The number of allylic oxidation sites excluding steroid dienone is 2. The van der Waals surface area contributed by atoms with Crippen LogP contribution < -0.4 is 0 Å². The standard InChI is InChI=1S/C28H31ClFNO2/c1-5-6-24(28(33)20(4)32)25-17-26(27(29)15-18(25)2)19(3)31-13-11-22(12-14-31)16-21-7-9-23(30)10-8-21/h6-10,15,17,22H,3,5,11-14,16H2,1-2,4H3/b24-6+. The summed E-state index contributed by atoms with van der Waals surface area (Å²) in [4.78, 5) is 26.6. The zero-order valence-electron chi connectivity index (χ0n) is 19.6. The lowest BCUT2D eigenvalue weighted by Gasteiger charge is -2.35. The summed E-state index contributed by atoms with van der Waals surface area (Å²) in [5.74, 6) is -0.634. The van der Waals surface area contributed by atoms with Crippen LogP contribution in [-0.2, 0) is 16.0 Å². The Bertz CT molecular complexity index is 1080. The minimum Gasteiger partial charge on any atom is -0.371 e. The third kappa shape index (κ3) is 6.00. The van der Waals surface area contributed by atoms with Gasteiger partial charge in [-0.1, -0.05) is 43.3 Å². The van der Waals surface area contributed by atoms with E-state index in [0.29, 0.717) is 22.9 Å². The molecule has 0 atom stereocenters. The van der Waals surface area contributed by atoms with E-state index in [1.165, 1.54) is 19.1 Å². The van der Waals surface area contributed by atoms with Crippen molar-refractivity contribution in [1.29, 1.82) is 0 Å². The highest BCUT2D eigenvalue weighted by Crippen LogP contribution is 2.34. The number of likely N-dealkylation sites (tertiary alicyclic amines) is 1. The molecule has 3 rings (SSSR count). The molecule has 0 aromatic heterocycles. The molecule has 0 radical (unpaired) electrons. The summed E-state index contributed by atoms with van der Waals surface area (Å²) in [7, 11) is 0. The Balaban J connectivity index is 1.76. The first-order valence-corrected chi connectivity index (χ1v) is 11.8. The van der Waals surface area contributed by atoms with Crippen LogP contribution in [0.15, 0.2) is 49.1 Å². The van der Waals surface area contributed by atoms with Crippen molar-refractivity contribution < 1.29 is 14.0 Å². The summed E-state index contributed by atoms with van der Waals surface area (Å²) in [6, 6.07) is 10.5. The maximum absolute atomic E-state index is 13.2. The summed E-state index contributed by atoms with van der Waals surface area (Å²) in [5, 5.41) is 0.584. The van der Waals surface area contributed by atoms with Crippen LogP contribution in [0.2, 0.25) is 5.02 Å². The van der Waals surface area contributed by atoms with Gasteiger partial charge in [0.15, 0.2) is 5.78 Å². The van der Waals surface area contributed by atoms with Gasteiger partial charge in [-0.3, -0.25) is 9.59 Å². The molecule has 0 amide bonds. The van der Waals surface area contributed by atoms with Gasteiger partial charge >= 0.3 is 0 Å². The number of halogens is 2. The first-order valence-electron chi connectivity index (χ1n) is 11.5. The predicted molar refractivity (Wildman–Crippen MR) is 134 cm³/mol. The number of Topliss-reactive ketones (excluding diaryl/α,β-unsaturated/α-hetero) is 2. The number of carbonyl (C=O) groups is 2. The van der Waals surface area contributed by atoms with Crippen LogP contribution in [0.5, 0.6) is 0 Å². The van der Waals surface area contributed by atoms with Crippen molar-refractivity contribution in [2.24, 2.45) is 5.92 Å². The van der Waals surface area contributed by atoms with Gasteiger partial charge in [-0.25, -0.2) is 4.39 Å². The third-order valence-corrected chi connectivity index (χ3v) is 6.63. The number of aryl methyl sites for hydroxylation is 1. The summed E-state index contributed by atoms with van der Waals surface area (Å²) >= 11 is 6.60. The van der Waals surface area contributed by atoms with Gasteiger partial charge in [0, 0.05) is 36.8 Å². The Labute approximate surface area is 200 Å². The number of rotatable bonds is 8. The molecular weight excluding hydrogens is 437 g/mol. The van der Waals surface area contributed by atoms with Crippen molar-refractivity contribution >= 4 is 34.4 Å². The molecule has 33 heavy (non-hydrogen) atoms. The molecule has 1 fully saturated rings. The van der Waals surface area contributed by atoms with Gasteiger partial charge in [-0.05, 0) is 79.5 Å². The van der Waals surface area contributed by atoms with Gasteiger partial charge in [0.05, 0.1) is 5.02 Å². The van der Waals surface area contributed by atoms with Crippen molar-refractivity contribution in [2.45, 2.75) is 46.5 Å². The van der Waals surface area contributed by atoms with E-state index in [9.17, 15) is 14.0 Å². The van der Waals surface area contributed by atoms with E-state index in [0.717, 1.165) is 60.3 Å². The Morgan fingerprint density at radius 3 is 2.36 bits per heavy atom. The molecule has 1 heterocycles. The second-order valence-electron chi connectivity index (χ2n) is 8.77. The Morgan fingerprint density at radius 2 is 1.79 bits per heavy atom. The molecule has 0 N–H and O–H groups in total. The van der Waals surface area contributed by atoms with E-state index in [-0.39, 0.29) is 5.82 Å². The summed E-state index contributed by atoms with van der Waals surface area (Å²) in [5.41, 5.74) is 4.77. The lowest BCUT2D eigenvalue weighted by molar-refractivity contribution is -0.131. The van der Waals surface area contributed by atoms with Crippen LogP contribution in [0.1, 0.15) is 55.4 Å². The fourth-order valence-corrected chi connectivity index (χ4v) is 4.76. The lowest BCUT2D eigenvalue weighted by atomic mass is 9.89. The molecule has 2 aromatic carbocycles. The fourth-order valence-electron chi connectivity index (χ4n) is 4.43. The van der Waals surface area contributed by atoms with Crippen molar-refractivity contribution in [2.75, 3.05) is 13.1 Å². The molecule has 0 aliphatic carbocycles. The van der Waals surface area contributed by atoms with Gasteiger partial charge in [-0.2, -0.15) is 0 Å². The van der Waals surface area contributed by atoms with E-state index < -0.39 is 11.6 Å². The van der Waals surface area contributed by atoms with E-state index in [1.54, 1.807) is 6.08 Å². The van der Waals surface area contributed by atoms with E-state index in [2.05, 4.69) is 11.5 Å². The molecular formula is C28H31ClFNO2. The van der Waals surface area contributed by atoms with E-state index in [1.807, 2.05) is 38.1 Å². The molecule has 3 nitrogen and oxygen atoms in total. The number of piperidine rings is 1. The highest BCUT2D eigenvalue weighted by molar-refractivity contribution is 6.53. The van der Waals surface area contributed by atoms with Crippen LogP contribution in [0, 0.1) is 18.7 Å². The number of hydrogen-bond donors (Lipinski definition) is 0. The zero-order chi connectivity index (χ0) is 24.1. The summed E-state index contributed by atoms with van der Waals surface area (Å²) < 4.78 is 13.2. The zero-order valence-corrected chi connectivity index (χ0v) is 20.3. The average Bonchev–Trinajstić information content (AvgIpc) is 2.79. The number of carbonyl (C=O) groups excluding carboxylic acids is 2. The predicted octanol–water partition coefficient (Wildman–Crippen LogP) is 6.66. The molecule has 2 aromatic rings. The Hall–Kier alpha value is -2.72. The molecule has 5 heteroatoms. The second kappa shape index (κ2) is 10.9. The van der Waals surface area contributed by atoms with Gasteiger partial charge in [0.1, 0.15) is 5.82 Å². The van der Waals surface area contributed by atoms with Crippen LogP contribution in [-0.4, -0.2) is 29.6 Å². The van der Waals surface area contributed by atoms with Gasteiger partial charge < -0.3 is 4.90 Å². The molecule has 1 aliphatic rings. The minimum atomic E-state index is -0.486. The molecule has 1 aliphatic heterocycles. The monoisotopic (exact) mass is 467 g/mol. The van der Waals surface area contributed by atoms with Gasteiger partial charge in [0.25, 0.3) is 0 Å². The smallest absolute Gasteiger partial charge is 0.228 e. The molecule has 0 saturated carbocycles. The Kier molecular flexibility index (Phi) is 8.25. The highest BCUT2D eigenvalue weighted by Gasteiger charge is 2.24. The number of hydrogen-bond acceptors (Lipinski definition) is 3. The Morgan fingerprint density at radius 1 is 1.15 bits per heavy atom. The highest BCUT2D eigenvalue weighted by atomic mass is 35.5. The van der Waals surface area contributed by atoms with Crippen molar-refractivity contribution in [3.05, 3.63) is 82.1 Å². The fraction of sp³-hybridized carbons (Fsp3) is 0.357. The lowest BCUT2D eigenvalue weighted by Crippen LogP contribution is -2.33. The van der Waals surface area contributed by atoms with Crippen molar-refractivity contribution in [1.82, 2.24) is 4.90 Å². The third-order valence-electron chi connectivity index (χ3n) is 6.32. The number of nitrogens with zero attached hydrogens (tertiary/aromatic N) is 1. The van der Waals surface area contributed by atoms with Crippen LogP contribution in [0.25, 0.3) is 11.3 Å². The molecule has 174 valence electrons. The van der Waals surface area contributed by atoms with Crippen molar-refractivity contribution in [3.8, 4) is 0 Å². The quantitative estimate of drug-likeness (QED) is 0.321. The first-order chi connectivity index (χ1) is 15.7. The molecule has 1 saturated heterocycles. The SMILES string of the molecule is C=C(c1cc(/C(=C\CC)C(=O)C(C)=O)c(C)cc1Cl)N1CCC(Cc2ccc(F)cc2)CC1. The maximum atomic E-state index is 13.2. The molecule has 0 bridgehead atoms. The average molecular weight is 468 g/mol. The minimum absolute atomic E-state index is 0.207. The normalized spacial score (nSPS) is 14.9. The summed E-state index contributed by atoms with van der Waals surface area (Å²) in [6.07, 6.45) is 5.41. The van der Waals surface area contributed by atoms with Crippen molar-refractivity contribution in [3.63, 3.8) is 0 Å². The van der Waals surface area contributed by atoms with Crippen LogP contribution >= 0.6 is 11.6 Å². The number of benzene rings is 2. The van der Waals surface area contributed by atoms with Crippen LogP contribution in [0.3, 0.4) is 0 Å². The van der Waals surface area contributed by atoms with E-state index >= 15 is 0 Å². The first kappa shape index (κ1) is 24.9. The topological polar surface area (TPSA) is 37.4 Å². The van der Waals surface area contributed by atoms with Gasteiger partial charge in [0.2, 0.25) is 5.78 Å². The maximum Gasteiger partial charge on any atom is 0.228 e. The van der Waals surface area contributed by atoms with Gasteiger partial charge in [-0.15, -0.1) is 0 Å². The second-order valence-corrected chi connectivity index (χ2v) is 9.17. The summed E-state index contributed by atoms with van der Waals surface area (Å²) in [6.45, 7) is 11.2. The number of ketones is 2. The van der Waals surface area contributed by atoms with E-state index in [4.69, 9.17) is 11.6 Å². The van der Waals surface area contributed by atoms with Crippen LogP contribution in [0.4, 0.5) is 4.39 Å².